The summed E-state index contributed by atoms with van der Waals surface area (Å²) in [4.78, 5) is 2.25. The molecule has 0 aromatic rings. The van der Waals surface area contributed by atoms with Crippen molar-refractivity contribution < 1.29 is 4.39 Å². The van der Waals surface area contributed by atoms with Crippen LogP contribution in [0.25, 0.3) is 0 Å². The van der Waals surface area contributed by atoms with Crippen molar-refractivity contribution in [1.82, 2.24) is 4.90 Å². The summed E-state index contributed by atoms with van der Waals surface area (Å²) < 4.78 is 12.7. The van der Waals surface area contributed by atoms with Crippen molar-refractivity contribution in [3.8, 4) is 0 Å². The van der Waals surface area contributed by atoms with Crippen LogP contribution in [0.5, 0.6) is 0 Å². The van der Waals surface area contributed by atoms with E-state index in [0.29, 0.717) is 12.6 Å². The van der Waals surface area contributed by atoms with Gasteiger partial charge < -0.3 is 0 Å². The maximum atomic E-state index is 12.7. The molecule has 0 radical (unpaired) electrons. The van der Waals surface area contributed by atoms with Gasteiger partial charge in [0.25, 0.3) is 0 Å². The molecule has 0 saturated heterocycles. The molecule has 0 N–H and O–H groups in total. The number of halogens is 1. The predicted molar refractivity (Wildman–Crippen MR) is 52.9 cm³/mol. The Hall–Kier alpha value is -0.0451. The molecule has 0 aliphatic heterocycles. The predicted octanol–water partition coefficient (Wildman–Crippen LogP) is 1.04. The van der Waals surface area contributed by atoms with Gasteiger partial charge in [-0.2, -0.15) is 0 Å². The van der Waals surface area contributed by atoms with Gasteiger partial charge in [0.1, 0.15) is 7.85 Å². The van der Waals surface area contributed by atoms with Crippen LogP contribution in [0, 0.1) is 5.92 Å². The smallest absolute Gasteiger partial charge is 0.147 e. The van der Waals surface area contributed by atoms with Crippen LogP contribution < -0.4 is 0 Å². The highest BCUT2D eigenvalue weighted by molar-refractivity contribution is 6.11. The molecule has 3 heteroatoms. The molecule has 1 rings (SSSR count). The topological polar surface area (TPSA) is 3.24 Å². The molecule has 0 aromatic heterocycles. The Morgan fingerprint density at radius 2 is 2.08 bits per heavy atom. The number of alkyl halides is 1. The van der Waals surface area contributed by atoms with E-state index in [1.54, 1.807) is 7.85 Å². The Balaban J connectivity index is 2.26. The van der Waals surface area contributed by atoms with E-state index in [4.69, 9.17) is 0 Å². The molecule has 1 atom stereocenters. The van der Waals surface area contributed by atoms with Gasteiger partial charge in [-0.15, -0.1) is 0 Å². The third kappa shape index (κ3) is 3.57. The Labute approximate surface area is 75.7 Å². The summed E-state index contributed by atoms with van der Waals surface area (Å²) in [5.74, 6) is 0.867. The summed E-state index contributed by atoms with van der Waals surface area (Å²) in [6, 6.07) is 0.490. The first-order valence-electron chi connectivity index (χ1n) is 4.97. The van der Waals surface area contributed by atoms with Gasteiger partial charge in [-0.05, 0) is 32.6 Å². The Kier molecular flexibility index (Phi) is 3.57. The number of hydrogen-bond donors (Lipinski definition) is 0. The maximum absolute atomic E-state index is 12.7. The van der Waals surface area contributed by atoms with E-state index in [2.05, 4.69) is 18.7 Å². The van der Waals surface area contributed by atoms with Gasteiger partial charge in [0.05, 0.1) is 6.07 Å². The molecule has 70 valence electrons. The Morgan fingerprint density at radius 3 is 2.42 bits per heavy atom. The summed E-state index contributed by atoms with van der Waals surface area (Å²) in [5, 5.41) is 0. The van der Waals surface area contributed by atoms with Crippen molar-refractivity contribution in [2.45, 2.75) is 38.8 Å². The molecule has 0 aromatic carbocycles. The van der Waals surface area contributed by atoms with E-state index in [0.717, 1.165) is 12.5 Å². The largest absolute Gasteiger partial charge is 0.299 e. The second-order valence-electron chi connectivity index (χ2n) is 4.27. The fourth-order valence-electron chi connectivity index (χ4n) is 1.45. The van der Waals surface area contributed by atoms with Gasteiger partial charge in [-0.1, -0.05) is 0 Å². The van der Waals surface area contributed by atoms with Crippen LogP contribution in [0.2, 0.25) is 0 Å². The Bertz CT molecular complexity index is 130. The zero-order valence-corrected chi connectivity index (χ0v) is 8.39. The second-order valence-corrected chi connectivity index (χ2v) is 4.27. The monoisotopic (exact) mass is 171 g/mol. The van der Waals surface area contributed by atoms with Crippen LogP contribution in [0.1, 0.15) is 26.7 Å². The van der Waals surface area contributed by atoms with Crippen LogP contribution >= 0.6 is 0 Å². The molecular formula is C9H19BFN. The van der Waals surface area contributed by atoms with Gasteiger partial charge in [0, 0.05) is 19.1 Å². The molecular weight excluding hydrogens is 152 g/mol. The van der Waals surface area contributed by atoms with Gasteiger partial charge in [0.15, 0.2) is 0 Å². The lowest BCUT2D eigenvalue weighted by molar-refractivity contribution is 0.182. The van der Waals surface area contributed by atoms with E-state index in [-0.39, 0.29) is 0 Å². The molecule has 0 bridgehead atoms. The summed E-state index contributed by atoms with van der Waals surface area (Å²) >= 11 is 0. The van der Waals surface area contributed by atoms with Crippen molar-refractivity contribution in [3.63, 3.8) is 0 Å². The van der Waals surface area contributed by atoms with E-state index in [1.165, 1.54) is 12.8 Å². The maximum Gasteiger partial charge on any atom is 0.147 e. The Morgan fingerprint density at radius 1 is 1.50 bits per heavy atom. The normalized spacial score (nSPS) is 20.4. The number of hydrogen-bond acceptors (Lipinski definition) is 1. The van der Waals surface area contributed by atoms with Crippen LogP contribution in [0.4, 0.5) is 4.39 Å². The standard InChI is InChI=1S/C9H19BFN/c1-7(2)12(6-9(10)11)5-8-3-4-8/h7-9H,3-6,10H2,1-2H3. The first-order chi connectivity index (χ1) is 5.59. The first kappa shape index (κ1) is 10.0. The van der Waals surface area contributed by atoms with Gasteiger partial charge in [-0.25, -0.2) is 0 Å². The van der Waals surface area contributed by atoms with Gasteiger partial charge >= 0.3 is 0 Å². The minimum Gasteiger partial charge on any atom is -0.299 e. The van der Waals surface area contributed by atoms with Crippen molar-refractivity contribution in [2.24, 2.45) is 5.92 Å². The number of nitrogens with zero attached hydrogens (tertiary/aromatic N) is 1. The third-order valence-electron chi connectivity index (χ3n) is 2.41. The quantitative estimate of drug-likeness (QED) is 0.558. The fourth-order valence-corrected chi connectivity index (χ4v) is 1.45. The third-order valence-corrected chi connectivity index (χ3v) is 2.41. The highest BCUT2D eigenvalue weighted by Crippen LogP contribution is 2.30. The van der Waals surface area contributed by atoms with Crippen molar-refractivity contribution in [2.75, 3.05) is 13.1 Å². The van der Waals surface area contributed by atoms with Crippen LogP contribution in [-0.4, -0.2) is 37.9 Å². The zero-order valence-electron chi connectivity index (χ0n) is 8.39. The van der Waals surface area contributed by atoms with Gasteiger partial charge in [0.2, 0.25) is 0 Å². The molecule has 0 spiro atoms. The zero-order chi connectivity index (χ0) is 9.14. The van der Waals surface area contributed by atoms with E-state index in [9.17, 15) is 4.39 Å². The lowest BCUT2D eigenvalue weighted by Gasteiger charge is -2.26. The van der Waals surface area contributed by atoms with Gasteiger partial charge in [-0.3, -0.25) is 9.29 Å². The van der Waals surface area contributed by atoms with Crippen LogP contribution in [-0.2, 0) is 0 Å². The molecule has 1 aliphatic rings. The molecule has 0 heterocycles. The van der Waals surface area contributed by atoms with Crippen molar-refractivity contribution in [3.05, 3.63) is 0 Å². The average Bonchev–Trinajstić information content (AvgIpc) is 2.68. The second kappa shape index (κ2) is 4.26. The highest BCUT2D eigenvalue weighted by Gasteiger charge is 2.25. The highest BCUT2D eigenvalue weighted by atomic mass is 19.1. The van der Waals surface area contributed by atoms with Crippen molar-refractivity contribution in [1.29, 1.82) is 0 Å². The molecule has 12 heavy (non-hydrogen) atoms. The first-order valence-corrected chi connectivity index (χ1v) is 4.97. The van der Waals surface area contributed by atoms with E-state index < -0.39 is 6.07 Å². The summed E-state index contributed by atoms with van der Waals surface area (Å²) in [7, 11) is 1.64. The average molecular weight is 171 g/mol. The van der Waals surface area contributed by atoms with Crippen LogP contribution in [0.15, 0.2) is 0 Å². The van der Waals surface area contributed by atoms with E-state index in [1.807, 2.05) is 0 Å². The molecule has 1 saturated carbocycles. The summed E-state index contributed by atoms with van der Waals surface area (Å²) in [6.45, 7) is 6.00. The van der Waals surface area contributed by atoms with Crippen molar-refractivity contribution >= 4 is 7.85 Å². The molecule has 1 unspecified atom stereocenters. The number of rotatable bonds is 5. The minimum absolute atomic E-state index is 0.490. The lowest BCUT2D eigenvalue weighted by atomic mass is 10.0. The fraction of sp³-hybridized carbons (Fsp3) is 1.00. The van der Waals surface area contributed by atoms with Crippen LogP contribution in [0.3, 0.4) is 0 Å². The molecule has 0 amide bonds. The summed E-state index contributed by atoms with van der Waals surface area (Å²) in [5.41, 5.74) is 0. The molecule has 1 fully saturated rings. The van der Waals surface area contributed by atoms with E-state index >= 15 is 0 Å². The SMILES string of the molecule is BC(F)CN(CC1CC1)C(C)C. The molecule has 1 nitrogen and oxygen atoms in total. The molecule has 1 aliphatic carbocycles. The lowest BCUT2D eigenvalue weighted by Crippen LogP contribution is -2.37. The minimum atomic E-state index is -0.689. The summed E-state index contributed by atoms with van der Waals surface area (Å²) in [6.07, 6.45) is 2.01.